The second kappa shape index (κ2) is 7.16. The van der Waals surface area contributed by atoms with E-state index in [1.807, 2.05) is 27.7 Å². The smallest absolute Gasteiger partial charge is 0.277 e. The Hall–Kier alpha value is -3.36. The van der Waals surface area contributed by atoms with E-state index in [0.717, 1.165) is 28.6 Å². The van der Waals surface area contributed by atoms with Crippen LogP contribution in [-0.4, -0.2) is 21.3 Å². The Labute approximate surface area is 175 Å². The standard InChI is InChI=1S/C19H19N5O5S/c1-18(2)8-13-14(9-20)17(30-15(13)19(3,4)22-18)21-16(25)10-5-11(23(26)27)7-12(6-10)24(28)29/h5-7,22H,8H2,1-4H3,(H,21,25). The quantitative estimate of drug-likeness (QED) is 0.553. The summed E-state index contributed by atoms with van der Waals surface area (Å²) in [6.07, 6.45) is 0.587. The number of fused-ring (bicyclic) bond motifs is 1. The van der Waals surface area contributed by atoms with Crippen molar-refractivity contribution >= 4 is 33.6 Å². The van der Waals surface area contributed by atoms with Crippen molar-refractivity contribution in [1.82, 2.24) is 5.32 Å². The highest BCUT2D eigenvalue weighted by molar-refractivity contribution is 7.17. The van der Waals surface area contributed by atoms with Gasteiger partial charge < -0.3 is 10.6 Å². The summed E-state index contributed by atoms with van der Waals surface area (Å²) >= 11 is 1.25. The third-order valence-corrected chi connectivity index (χ3v) is 6.24. The molecule has 0 unspecified atom stereocenters. The van der Waals surface area contributed by atoms with Gasteiger partial charge in [0.25, 0.3) is 17.3 Å². The normalized spacial score (nSPS) is 16.2. The first-order valence-electron chi connectivity index (χ1n) is 8.95. The molecule has 0 fully saturated rings. The summed E-state index contributed by atoms with van der Waals surface area (Å²) in [5.41, 5.74) is -0.864. The molecule has 1 aromatic heterocycles. The average molecular weight is 429 g/mol. The number of carbonyl (C=O) groups excluding carboxylic acids is 1. The van der Waals surface area contributed by atoms with Crippen LogP contribution >= 0.6 is 11.3 Å². The van der Waals surface area contributed by atoms with Gasteiger partial charge in [-0.2, -0.15) is 5.26 Å². The van der Waals surface area contributed by atoms with Crippen molar-refractivity contribution in [3.63, 3.8) is 0 Å². The van der Waals surface area contributed by atoms with Crippen LogP contribution in [0.15, 0.2) is 18.2 Å². The van der Waals surface area contributed by atoms with Crippen molar-refractivity contribution in [2.45, 2.75) is 45.2 Å². The minimum absolute atomic E-state index is 0.233. The van der Waals surface area contributed by atoms with E-state index in [4.69, 9.17) is 0 Å². The summed E-state index contributed by atoms with van der Waals surface area (Å²) in [4.78, 5) is 34.2. The van der Waals surface area contributed by atoms with E-state index >= 15 is 0 Å². The maximum Gasteiger partial charge on any atom is 0.277 e. The zero-order valence-corrected chi connectivity index (χ0v) is 17.5. The molecule has 0 saturated carbocycles. The van der Waals surface area contributed by atoms with Crippen LogP contribution in [0.4, 0.5) is 16.4 Å². The van der Waals surface area contributed by atoms with Crippen LogP contribution in [0.25, 0.3) is 0 Å². The highest BCUT2D eigenvalue weighted by Gasteiger charge is 2.40. The summed E-state index contributed by atoms with van der Waals surface area (Å²) in [5, 5.41) is 38.3. The average Bonchev–Trinajstić information content (AvgIpc) is 2.97. The molecule has 0 radical (unpaired) electrons. The number of amides is 1. The molecule has 10 nitrogen and oxygen atoms in total. The van der Waals surface area contributed by atoms with E-state index in [9.17, 15) is 30.3 Å². The van der Waals surface area contributed by atoms with Gasteiger partial charge in [-0.25, -0.2) is 0 Å². The van der Waals surface area contributed by atoms with Gasteiger partial charge in [0.1, 0.15) is 11.1 Å². The Morgan fingerprint density at radius 3 is 2.23 bits per heavy atom. The SMILES string of the molecule is CC1(C)Cc2c(sc(NC(=O)c3cc([N+](=O)[O-])cc([N+](=O)[O-])c3)c2C#N)C(C)(C)N1. The Morgan fingerprint density at radius 1 is 1.17 bits per heavy atom. The summed E-state index contributed by atoms with van der Waals surface area (Å²) in [7, 11) is 0. The Bertz CT molecular complexity index is 1100. The fraction of sp³-hybridized carbons (Fsp3) is 0.368. The highest BCUT2D eigenvalue weighted by Crippen LogP contribution is 2.44. The van der Waals surface area contributed by atoms with Crippen molar-refractivity contribution in [3.8, 4) is 6.07 Å². The fourth-order valence-electron chi connectivity index (χ4n) is 3.85. The molecule has 3 rings (SSSR count). The van der Waals surface area contributed by atoms with Gasteiger partial charge in [-0.3, -0.25) is 25.0 Å². The zero-order valence-electron chi connectivity index (χ0n) is 16.7. The number of hydrogen-bond donors (Lipinski definition) is 2. The number of thiophene rings is 1. The number of carbonyl (C=O) groups is 1. The number of nitro benzene ring substituents is 2. The number of nitrogens with one attached hydrogen (secondary N) is 2. The van der Waals surface area contributed by atoms with Gasteiger partial charge in [-0.05, 0) is 39.7 Å². The van der Waals surface area contributed by atoms with E-state index in [0.29, 0.717) is 17.0 Å². The maximum absolute atomic E-state index is 12.8. The molecule has 1 aliphatic heterocycles. The van der Waals surface area contributed by atoms with Crippen LogP contribution in [0.1, 0.15) is 54.1 Å². The molecule has 2 N–H and O–H groups in total. The molecule has 1 aliphatic rings. The molecule has 0 spiro atoms. The minimum Gasteiger partial charge on any atom is -0.312 e. The monoisotopic (exact) mass is 429 g/mol. The van der Waals surface area contributed by atoms with Gasteiger partial charge in [0.2, 0.25) is 0 Å². The minimum atomic E-state index is -0.801. The van der Waals surface area contributed by atoms with E-state index < -0.39 is 32.7 Å². The lowest BCUT2D eigenvalue weighted by atomic mass is 9.81. The molecule has 1 amide bonds. The molecular weight excluding hydrogens is 410 g/mol. The van der Waals surface area contributed by atoms with Crippen LogP contribution in [0.5, 0.6) is 0 Å². The third-order valence-electron chi connectivity index (χ3n) is 4.77. The lowest BCUT2D eigenvalue weighted by molar-refractivity contribution is -0.394. The van der Waals surface area contributed by atoms with E-state index in [1.165, 1.54) is 11.3 Å². The first-order valence-corrected chi connectivity index (χ1v) is 9.77. The molecule has 0 saturated heterocycles. The molecule has 0 aliphatic carbocycles. The zero-order chi connectivity index (χ0) is 22.4. The van der Waals surface area contributed by atoms with Crippen molar-refractivity contribution in [2.24, 2.45) is 0 Å². The van der Waals surface area contributed by atoms with Gasteiger partial charge in [0, 0.05) is 28.1 Å². The van der Waals surface area contributed by atoms with Crippen molar-refractivity contribution in [2.75, 3.05) is 5.32 Å². The Balaban J connectivity index is 2.04. The fourth-order valence-corrected chi connectivity index (χ4v) is 5.07. The number of anilines is 1. The van der Waals surface area contributed by atoms with Crippen molar-refractivity contribution < 1.29 is 14.6 Å². The van der Waals surface area contributed by atoms with Gasteiger partial charge in [-0.15, -0.1) is 11.3 Å². The number of hydrogen-bond acceptors (Lipinski definition) is 8. The first-order chi connectivity index (χ1) is 13.8. The largest absolute Gasteiger partial charge is 0.312 e. The molecule has 1 aromatic carbocycles. The van der Waals surface area contributed by atoms with Crippen LogP contribution in [0.2, 0.25) is 0 Å². The summed E-state index contributed by atoms with van der Waals surface area (Å²) in [6.45, 7) is 8.02. The van der Waals surface area contributed by atoms with Gasteiger partial charge in [-0.1, -0.05) is 0 Å². The van der Waals surface area contributed by atoms with Gasteiger partial charge >= 0.3 is 0 Å². The molecule has 0 atom stereocenters. The summed E-state index contributed by atoms with van der Waals surface area (Å²) in [5.74, 6) is -0.762. The molecular formula is C19H19N5O5S. The predicted octanol–water partition coefficient (Wildman–Crippen LogP) is 3.85. The maximum atomic E-state index is 12.8. The summed E-state index contributed by atoms with van der Waals surface area (Å²) < 4.78 is 0. The number of non-ortho nitro benzene ring substituents is 2. The number of benzene rings is 1. The topological polar surface area (TPSA) is 151 Å². The molecule has 11 heteroatoms. The number of nitrogens with zero attached hydrogens (tertiary/aromatic N) is 3. The molecule has 30 heavy (non-hydrogen) atoms. The third kappa shape index (κ3) is 3.87. The van der Waals surface area contributed by atoms with E-state index in [2.05, 4.69) is 16.7 Å². The number of nitro groups is 2. The van der Waals surface area contributed by atoms with Crippen LogP contribution in [0, 0.1) is 31.6 Å². The lowest BCUT2D eigenvalue weighted by Crippen LogP contribution is -2.54. The Morgan fingerprint density at radius 2 is 1.73 bits per heavy atom. The van der Waals surface area contributed by atoms with Crippen LogP contribution < -0.4 is 10.6 Å². The molecule has 2 aromatic rings. The molecule has 156 valence electrons. The molecule has 2 heterocycles. The second-order valence-corrected chi connectivity index (χ2v) is 9.26. The van der Waals surface area contributed by atoms with Crippen LogP contribution in [-0.2, 0) is 12.0 Å². The summed E-state index contributed by atoms with van der Waals surface area (Å²) in [6, 6.07) is 4.87. The lowest BCUT2D eigenvalue weighted by Gasteiger charge is -2.42. The predicted molar refractivity (Wildman–Crippen MR) is 111 cm³/mol. The van der Waals surface area contributed by atoms with Crippen LogP contribution in [0.3, 0.4) is 0 Å². The molecule has 0 bridgehead atoms. The van der Waals surface area contributed by atoms with Crippen molar-refractivity contribution in [3.05, 3.63) is 60.0 Å². The number of rotatable bonds is 4. The second-order valence-electron chi connectivity index (χ2n) is 8.24. The van der Waals surface area contributed by atoms with E-state index in [-0.39, 0.29) is 11.1 Å². The first kappa shape index (κ1) is 21.4. The van der Waals surface area contributed by atoms with Crippen molar-refractivity contribution in [1.29, 1.82) is 5.26 Å². The Kier molecular flexibility index (Phi) is 5.09. The number of nitriles is 1. The van der Waals surface area contributed by atoms with Gasteiger partial charge in [0.15, 0.2) is 0 Å². The van der Waals surface area contributed by atoms with Gasteiger partial charge in [0.05, 0.1) is 27.0 Å². The highest BCUT2D eigenvalue weighted by atomic mass is 32.1. The van der Waals surface area contributed by atoms with E-state index in [1.54, 1.807) is 0 Å².